The van der Waals surface area contributed by atoms with Crippen molar-refractivity contribution in [2.75, 3.05) is 0 Å². The van der Waals surface area contributed by atoms with Crippen LogP contribution in [0.5, 0.6) is 0 Å². The van der Waals surface area contributed by atoms with Crippen molar-refractivity contribution in [1.29, 1.82) is 0 Å². The van der Waals surface area contributed by atoms with E-state index in [9.17, 15) is 0 Å². The molecule has 512 valence electrons. The van der Waals surface area contributed by atoms with Crippen LogP contribution in [0.3, 0.4) is 0 Å². The summed E-state index contributed by atoms with van der Waals surface area (Å²) in [5.74, 6) is 1.87. The zero-order chi connectivity index (χ0) is 74.0. The number of rotatable bonds is 8. The van der Waals surface area contributed by atoms with Crippen molar-refractivity contribution < 1.29 is 19.6 Å². The van der Waals surface area contributed by atoms with E-state index in [-0.39, 0.29) is 12.8 Å². The second-order valence-electron chi connectivity index (χ2n) is 29.6. The first-order valence-electron chi connectivity index (χ1n) is 35.4. The molecule has 0 aliphatic carbocycles. The summed E-state index contributed by atoms with van der Waals surface area (Å²) >= 11 is 0. The molecular formula is C93H104N8+4. The molecule has 0 aliphatic heterocycles. The van der Waals surface area contributed by atoms with Crippen LogP contribution in [0.25, 0.3) is 107 Å². The Bertz CT molecular complexity index is 5430. The van der Waals surface area contributed by atoms with Gasteiger partial charge in [-0.15, -0.1) is 0 Å². The molecule has 0 bridgehead atoms. The normalized spacial score (nSPS) is 11.3. The average molecular weight is 1330 g/mol. The van der Waals surface area contributed by atoms with E-state index in [1.807, 2.05) is 72.3 Å². The van der Waals surface area contributed by atoms with Crippen LogP contribution in [0.15, 0.2) is 164 Å². The number of hydrogen-bond donors (Lipinski definition) is 0. The lowest BCUT2D eigenvalue weighted by atomic mass is 9.84. The van der Waals surface area contributed by atoms with Gasteiger partial charge in [0, 0.05) is 56.2 Å². The van der Waals surface area contributed by atoms with Gasteiger partial charge in [0.25, 0.3) is 0 Å². The molecule has 0 radical (unpaired) electrons. The van der Waals surface area contributed by atoms with E-state index < -0.39 is 0 Å². The van der Waals surface area contributed by atoms with Crippen molar-refractivity contribution in [3.63, 3.8) is 0 Å². The molecular weight excluding hydrogens is 1230 g/mol. The number of nitrogens with zero attached hydrogens (tertiary/aromatic N) is 8. The van der Waals surface area contributed by atoms with Gasteiger partial charge >= 0.3 is 0 Å². The second kappa shape index (κ2) is 31.3. The molecule has 0 N–H and O–H groups in total. The lowest BCUT2D eigenvalue weighted by Gasteiger charge is -2.21. The highest BCUT2D eigenvalue weighted by molar-refractivity contribution is 5.99. The quantitative estimate of drug-likeness (QED) is 0.107. The van der Waals surface area contributed by atoms with Gasteiger partial charge in [-0.25, -0.2) is 23.9 Å². The third kappa shape index (κ3) is 16.0. The Balaban J connectivity index is 0.000000172. The molecule has 8 nitrogen and oxygen atoms in total. The topological polar surface area (TPSA) is 33.0 Å². The van der Waals surface area contributed by atoms with Crippen LogP contribution in [0, 0.1) is 81.7 Å². The Morgan fingerprint density at radius 2 is 0.703 bits per heavy atom. The van der Waals surface area contributed by atoms with E-state index >= 15 is 0 Å². The number of benzene rings is 8. The number of pyridine rings is 4. The highest BCUT2D eigenvalue weighted by Gasteiger charge is 2.27. The van der Waals surface area contributed by atoms with Crippen LogP contribution in [0.1, 0.15) is 181 Å². The maximum atomic E-state index is 8.45. The van der Waals surface area contributed by atoms with E-state index in [1.54, 1.807) is 0 Å². The van der Waals surface area contributed by atoms with Gasteiger partial charge in [0.1, 0.15) is 29.6 Å². The fraction of sp³-hybridized carbons (Fsp3) is 0.312. The van der Waals surface area contributed by atoms with Gasteiger partial charge in [0.15, 0.2) is 46.0 Å². The minimum atomic E-state index is 0. The standard InChI is InChI=1S/C24H27N2.2C23H25N2.C22H23N2.CH4/c1-15(2)19-13-22(16(3)4)17(5)23(14-19)24-21-9-8-20(25-6)12-18(21)10-11-26(24)7;1-14(2)18-10-15(3)17(5)22(13-18)23-21-9-8-20(24-6)12-19(21)11-16(4)25(23)7;1-15-8-9-18(23(3,4)5)14-21(15)22-20-11-10-19(24-6)13-17(20)12-16(2)25(22)7;1-14(2)17-8-7-15(3)21(13-17)22-20-10-9-19(23-5)12-18(20)11-16(4)24(22)6;/h8-16H,1-5,7H3;2*8-14H,1-5,7H3;7-14H,1-4,6H3;1H4/q4*+1;/i11D;;;;. The summed E-state index contributed by atoms with van der Waals surface area (Å²) in [5.41, 5.74) is 29.3. The minimum Gasteiger partial charge on any atom is -0.238 e. The van der Waals surface area contributed by atoms with Crippen LogP contribution in [-0.2, 0) is 33.6 Å². The van der Waals surface area contributed by atoms with Crippen molar-refractivity contribution in [2.45, 2.75) is 168 Å². The first-order chi connectivity index (χ1) is 47.7. The van der Waals surface area contributed by atoms with Crippen LogP contribution in [0.2, 0.25) is 0 Å². The van der Waals surface area contributed by atoms with Crippen molar-refractivity contribution in [3.05, 3.63) is 282 Å². The smallest absolute Gasteiger partial charge is 0.220 e. The molecule has 0 aliphatic rings. The molecule has 0 saturated carbocycles. The Labute approximate surface area is 605 Å². The Kier molecular flexibility index (Phi) is 23.1. The van der Waals surface area contributed by atoms with Crippen LogP contribution in [-0.4, -0.2) is 0 Å². The average Bonchev–Trinajstić information content (AvgIpc) is 0.771. The third-order valence-corrected chi connectivity index (χ3v) is 20.3. The summed E-state index contributed by atoms with van der Waals surface area (Å²) in [6, 6.07) is 54.9. The molecule has 12 aromatic rings. The maximum absolute atomic E-state index is 8.45. The van der Waals surface area contributed by atoms with Gasteiger partial charge in [-0.1, -0.05) is 169 Å². The molecule has 0 spiro atoms. The number of aryl methyl sites for hydroxylation is 6. The second-order valence-corrected chi connectivity index (χ2v) is 29.6. The molecule has 0 unspecified atom stereocenters. The fourth-order valence-electron chi connectivity index (χ4n) is 13.6. The highest BCUT2D eigenvalue weighted by atomic mass is 15.0. The van der Waals surface area contributed by atoms with Crippen molar-refractivity contribution in [3.8, 4) is 45.0 Å². The molecule has 0 atom stereocenters. The van der Waals surface area contributed by atoms with Crippen molar-refractivity contribution >= 4 is 65.8 Å². The first-order valence-corrected chi connectivity index (χ1v) is 34.9. The summed E-state index contributed by atoms with van der Waals surface area (Å²) in [6.07, 6.45) is 0.445. The zero-order valence-electron chi connectivity index (χ0n) is 64.4. The summed E-state index contributed by atoms with van der Waals surface area (Å²) < 4.78 is 17.2. The van der Waals surface area contributed by atoms with E-state index in [0.717, 1.165) is 32.6 Å². The molecule has 0 saturated heterocycles. The molecule has 12 rings (SSSR count). The highest BCUT2D eigenvalue weighted by Crippen LogP contribution is 2.40. The minimum absolute atomic E-state index is 0. The van der Waals surface area contributed by atoms with Gasteiger partial charge < -0.3 is 0 Å². The summed E-state index contributed by atoms with van der Waals surface area (Å²) in [5, 5.41) is 8.99. The lowest BCUT2D eigenvalue weighted by molar-refractivity contribution is -0.665. The van der Waals surface area contributed by atoms with E-state index in [2.05, 4.69) is 283 Å². The molecule has 8 heteroatoms. The summed E-state index contributed by atoms with van der Waals surface area (Å²) in [7, 11) is 8.32. The maximum Gasteiger partial charge on any atom is 0.220 e. The third-order valence-electron chi connectivity index (χ3n) is 20.3. The Morgan fingerprint density at radius 3 is 1.10 bits per heavy atom. The monoisotopic (exact) mass is 1330 g/mol. The molecule has 4 heterocycles. The molecule has 0 fully saturated rings. The van der Waals surface area contributed by atoms with Gasteiger partial charge in [0.05, 0.1) is 59.0 Å². The zero-order valence-corrected chi connectivity index (χ0v) is 63.4. The fourth-order valence-corrected chi connectivity index (χ4v) is 13.6. The first kappa shape index (κ1) is 74.6. The SMILES string of the molecule is C.[2H]c1cc2cc([N+]#[C-])ccc2c(-c2cc(C(C)C)cc(C(C)C)c2C)[n+]1C.[C-]#[N+]c1ccc2c(-c3cc(C(C)(C)C)ccc3C)[n+](C)c(C)cc2c1.[C-]#[N+]c1ccc2c(-c3cc(C(C)C)cc(C)c3C)[n+](C)c(C)cc2c1.[C-]#[N+]c1ccc2c(-c3cc(C(C)C)ccc3C)[n+](C)c(C)cc2c1. The number of hydrogen-bond acceptors (Lipinski definition) is 0. The summed E-state index contributed by atoms with van der Waals surface area (Å²) in [4.78, 5) is 14.3. The summed E-state index contributed by atoms with van der Waals surface area (Å²) in [6.45, 7) is 71.0. The Morgan fingerprint density at radius 1 is 0.347 bits per heavy atom. The van der Waals surface area contributed by atoms with Crippen LogP contribution < -0.4 is 18.3 Å². The molecule has 101 heavy (non-hydrogen) atoms. The van der Waals surface area contributed by atoms with Crippen molar-refractivity contribution in [1.82, 2.24) is 0 Å². The van der Waals surface area contributed by atoms with Crippen LogP contribution in [0.4, 0.5) is 22.7 Å². The van der Waals surface area contributed by atoms with Crippen LogP contribution >= 0.6 is 0 Å². The predicted octanol–water partition coefficient (Wildman–Crippen LogP) is 24.4. The molecule has 0 amide bonds. The number of aromatic nitrogens is 4. The van der Waals surface area contributed by atoms with E-state index in [0.29, 0.717) is 52.6 Å². The Hall–Kier alpha value is -10.6. The molecule has 4 aromatic heterocycles. The lowest BCUT2D eigenvalue weighted by Crippen LogP contribution is -2.35. The van der Waals surface area contributed by atoms with Gasteiger partial charge in [-0.05, 0) is 189 Å². The largest absolute Gasteiger partial charge is 0.238 e. The van der Waals surface area contributed by atoms with E-state index in [4.69, 9.17) is 27.7 Å². The van der Waals surface area contributed by atoms with Gasteiger partial charge in [-0.3, -0.25) is 0 Å². The van der Waals surface area contributed by atoms with E-state index in [1.165, 1.54) is 128 Å². The predicted molar refractivity (Wildman–Crippen MR) is 427 cm³/mol. The number of fused-ring (bicyclic) bond motifs is 4. The van der Waals surface area contributed by atoms with Gasteiger partial charge in [-0.2, -0.15) is 13.7 Å². The molecule has 8 aromatic carbocycles. The van der Waals surface area contributed by atoms with Crippen molar-refractivity contribution in [2.24, 2.45) is 28.2 Å². The van der Waals surface area contributed by atoms with Gasteiger partial charge in [0.2, 0.25) is 22.8 Å².